The molecular formula is C31H27FN6O. The highest BCUT2D eigenvalue weighted by molar-refractivity contribution is 6.00. The largest absolute Gasteiger partial charge is 0.492 e. The molecule has 8 heteroatoms. The van der Waals surface area contributed by atoms with Crippen molar-refractivity contribution in [2.75, 3.05) is 26.2 Å². The fourth-order valence-electron chi connectivity index (χ4n) is 5.42. The van der Waals surface area contributed by atoms with Gasteiger partial charge in [-0.3, -0.25) is 15.0 Å². The maximum absolute atomic E-state index is 14.7. The molecule has 7 nitrogen and oxygen atoms in total. The molecule has 0 bridgehead atoms. The number of nitrogens with zero attached hydrogens (tertiary/aromatic N) is 4. The zero-order valence-electron chi connectivity index (χ0n) is 21.3. The van der Waals surface area contributed by atoms with Crippen LogP contribution in [0.3, 0.4) is 0 Å². The molecule has 0 radical (unpaired) electrons. The summed E-state index contributed by atoms with van der Waals surface area (Å²) in [6.45, 7) is 3.61. The molecule has 39 heavy (non-hydrogen) atoms. The van der Waals surface area contributed by atoms with Crippen LogP contribution in [0.15, 0.2) is 79.1 Å². The second-order valence-electron chi connectivity index (χ2n) is 9.92. The molecule has 2 aromatic carbocycles. The molecule has 0 unspecified atom stereocenters. The number of aromatic amines is 2. The minimum Gasteiger partial charge on any atom is -0.492 e. The fourth-order valence-corrected chi connectivity index (χ4v) is 5.42. The monoisotopic (exact) mass is 518 g/mol. The Balaban J connectivity index is 1.23. The van der Waals surface area contributed by atoms with Gasteiger partial charge in [0.05, 0.1) is 16.9 Å². The van der Waals surface area contributed by atoms with Gasteiger partial charge in [0.25, 0.3) is 0 Å². The van der Waals surface area contributed by atoms with E-state index in [0.29, 0.717) is 18.0 Å². The highest BCUT2D eigenvalue weighted by Crippen LogP contribution is 2.35. The van der Waals surface area contributed by atoms with Crippen molar-refractivity contribution in [2.24, 2.45) is 0 Å². The number of H-pyrrole nitrogens is 2. The Morgan fingerprint density at radius 2 is 1.79 bits per heavy atom. The highest BCUT2D eigenvalue weighted by Gasteiger charge is 2.16. The lowest BCUT2D eigenvalue weighted by molar-refractivity contribution is 0.237. The molecule has 1 saturated heterocycles. The van der Waals surface area contributed by atoms with Crippen LogP contribution >= 0.6 is 0 Å². The van der Waals surface area contributed by atoms with E-state index < -0.39 is 0 Å². The summed E-state index contributed by atoms with van der Waals surface area (Å²) in [5.74, 6) is 0.204. The van der Waals surface area contributed by atoms with Gasteiger partial charge in [-0.05, 0) is 85.6 Å². The Hall–Kier alpha value is -4.56. The zero-order valence-corrected chi connectivity index (χ0v) is 21.3. The number of pyridine rings is 2. The molecule has 1 fully saturated rings. The summed E-state index contributed by atoms with van der Waals surface area (Å²) in [6, 6.07) is 20.8. The van der Waals surface area contributed by atoms with E-state index in [1.54, 1.807) is 12.4 Å². The number of aromatic nitrogens is 5. The van der Waals surface area contributed by atoms with E-state index >= 15 is 0 Å². The molecule has 194 valence electrons. The third-order valence-corrected chi connectivity index (χ3v) is 7.37. The van der Waals surface area contributed by atoms with Crippen molar-refractivity contribution in [3.63, 3.8) is 0 Å². The Labute approximate surface area is 224 Å². The average Bonchev–Trinajstić information content (AvgIpc) is 3.72. The van der Waals surface area contributed by atoms with Crippen LogP contribution in [0.5, 0.6) is 5.75 Å². The Bertz CT molecular complexity index is 1770. The molecule has 0 spiro atoms. The Kier molecular flexibility index (Phi) is 6.01. The van der Waals surface area contributed by atoms with Crippen LogP contribution < -0.4 is 4.74 Å². The number of hydrogen-bond acceptors (Lipinski definition) is 5. The standard InChI is InChI=1S/C31H27FN6O/c32-22-15-21(16-23(18-22)39-14-13-38-11-3-4-12-38)24-8-10-34-31-25(24)19-29(35-31)30-26-17-20(6-7-28(26)36-37-30)27-5-1-2-9-33-27/h1-2,5-10,15-19H,3-4,11-14H2,(H,34,35)(H,36,37). The lowest BCUT2D eigenvalue weighted by Crippen LogP contribution is -2.25. The number of nitrogens with one attached hydrogen (secondary N) is 2. The lowest BCUT2D eigenvalue weighted by Gasteiger charge is -2.15. The van der Waals surface area contributed by atoms with Gasteiger partial charge in [0.15, 0.2) is 0 Å². The second-order valence-corrected chi connectivity index (χ2v) is 9.92. The predicted octanol–water partition coefficient (Wildman–Crippen LogP) is 6.45. The number of benzene rings is 2. The van der Waals surface area contributed by atoms with E-state index in [-0.39, 0.29) is 5.82 Å². The summed E-state index contributed by atoms with van der Waals surface area (Å²) in [6.07, 6.45) is 6.00. The first-order chi connectivity index (χ1) is 19.2. The molecule has 0 saturated carbocycles. The predicted molar refractivity (Wildman–Crippen MR) is 151 cm³/mol. The van der Waals surface area contributed by atoms with Gasteiger partial charge in [-0.25, -0.2) is 9.37 Å². The maximum Gasteiger partial charge on any atom is 0.138 e. The van der Waals surface area contributed by atoms with Gasteiger partial charge < -0.3 is 9.72 Å². The van der Waals surface area contributed by atoms with Crippen LogP contribution in [0, 0.1) is 5.82 Å². The summed E-state index contributed by atoms with van der Waals surface area (Å²) < 4.78 is 20.6. The number of hydrogen-bond donors (Lipinski definition) is 2. The van der Waals surface area contributed by atoms with Gasteiger partial charge in [0.1, 0.15) is 29.5 Å². The molecule has 7 rings (SSSR count). The number of ether oxygens (including phenoxy) is 1. The quantitative estimate of drug-likeness (QED) is 0.254. The van der Waals surface area contributed by atoms with Crippen LogP contribution in [-0.4, -0.2) is 56.3 Å². The van der Waals surface area contributed by atoms with Gasteiger partial charge in [-0.2, -0.15) is 5.10 Å². The first-order valence-corrected chi connectivity index (χ1v) is 13.2. The topological polar surface area (TPSA) is 82.7 Å². The van der Waals surface area contributed by atoms with E-state index in [0.717, 1.165) is 69.7 Å². The maximum atomic E-state index is 14.7. The number of likely N-dealkylation sites (tertiary alicyclic amines) is 1. The summed E-state index contributed by atoms with van der Waals surface area (Å²) >= 11 is 0. The summed E-state index contributed by atoms with van der Waals surface area (Å²) in [5, 5.41) is 9.60. The van der Waals surface area contributed by atoms with Gasteiger partial charge in [-0.1, -0.05) is 12.1 Å². The first-order valence-electron chi connectivity index (χ1n) is 13.2. The van der Waals surface area contributed by atoms with Gasteiger partial charge in [0.2, 0.25) is 0 Å². The van der Waals surface area contributed by atoms with Crippen molar-refractivity contribution < 1.29 is 9.13 Å². The van der Waals surface area contributed by atoms with Gasteiger partial charge >= 0.3 is 0 Å². The first kappa shape index (κ1) is 23.5. The minimum atomic E-state index is -0.329. The average molecular weight is 519 g/mol. The van der Waals surface area contributed by atoms with Crippen molar-refractivity contribution in [3.05, 3.63) is 84.9 Å². The number of fused-ring (bicyclic) bond motifs is 2. The van der Waals surface area contributed by atoms with Crippen LogP contribution in [0.4, 0.5) is 4.39 Å². The molecule has 0 aliphatic carbocycles. The van der Waals surface area contributed by atoms with E-state index in [4.69, 9.17) is 4.74 Å². The molecule has 0 atom stereocenters. The molecule has 2 N–H and O–H groups in total. The molecule has 5 heterocycles. The van der Waals surface area contributed by atoms with E-state index in [1.807, 2.05) is 48.5 Å². The molecule has 6 aromatic rings. The SMILES string of the molecule is Fc1cc(OCCN2CCCC2)cc(-c2ccnc3[nH]c(-c4n[nH]c5ccc(-c6ccccn6)cc45)cc23)c1. The van der Waals surface area contributed by atoms with Crippen molar-refractivity contribution in [2.45, 2.75) is 12.8 Å². The molecular weight excluding hydrogens is 491 g/mol. The van der Waals surface area contributed by atoms with Gasteiger partial charge in [-0.15, -0.1) is 0 Å². The Morgan fingerprint density at radius 3 is 2.67 bits per heavy atom. The molecule has 4 aromatic heterocycles. The highest BCUT2D eigenvalue weighted by atomic mass is 19.1. The van der Waals surface area contributed by atoms with E-state index in [2.05, 4.69) is 36.1 Å². The van der Waals surface area contributed by atoms with Crippen LogP contribution in [0.25, 0.3) is 55.7 Å². The molecule has 0 amide bonds. The summed E-state index contributed by atoms with van der Waals surface area (Å²) in [7, 11) is 0. The van der Waals surface area contributed by atoms with Gasteiger partial charge in [0, 0.05) is 41.3 Å². The third-order valence-electron chi connectivity index (χ3n) is 7.37. The lowest BCUT2D eigenvalue weighted by atomic mass is 10.0. The van der Waals surface area contributed by atoms with E-state index in [1.165, 1.54) is 25.0 Å². The van der Waals surface area contributed by atoms with Crippen molar-refractivity contribution in [1.82, 2.24) is 30.0 Å². The van der Waals surface area contributed by atoms with Crippen LogP contribution in [0.1, 0.15) is 12.8 Å². The van der Waals surface area contributed by atoms with E-state index in [9.17, 15) is 4.39 Å². The minimum absolute atomic E-state index is 0.329. The van der Waals surface area contributed by atoms with Crippen LogP contribution in [-0.2, 0) is 0 Å². The molecule has 1 aliphatic rings. The van der Waals surface area contributed by atoms with Crippen molar-refractivity contribution in [1.29, 1.82) is 0 Å². The number of rotatable bonds is 7. The fraction of sp³-hybridized carbons (Fsp3) is 0.194. The Morgan fingerprint density at radius 1 is 0.872 bits per heavy atom. The van der Waals surface area contributed by atoms with Crippen molar-refractivity contribution >= 4 is 21.9 Å². The normalized spacial score (nSPS) is 14.0. The number of halogens is 1. The zero-order chi connectivity index (χ0) is 26.2. The van der Waals surface area contributed by atoms with Crippen LogP contribution in [0.2, 0.25) is 0 Å². The smallest absolute Gasteiger partial charge is 0.138 e. The van der Waals surface area contributed by atoms with Crippen molar-refractivity contribution in [3.8, 4) is 39.5 Å². The third kappa shape index (κ3) is 4.64. The summed E-state index contributed by atoms with van der Waals surface area (Å²) in [4.78, 5) is 14.8. The molecule has 1 aliphatic heterocycles. The summed E-state index contributed by atoms with van der Waals surface area (Å²) in [5.41, 5.74) is 6.78. The second kappa shape index (κ2) is 9.96.